The average molecular weight is 511 g/mol. The van der Waals surface area contributed by atoms with E-state index in [1.807, 2.05) is 6.07 Å². The molecule has 1 saturated carbocycles. The molecule has 1 aliphatic heterocycles. The van der Waals surface area contributed by atoms with Crippen LogP contribution in [0.1, 0.15) is 44.2 Å². The molecular weight excluding hydrogens is 476 g/mol. The number of benzene rings is 2. The van der Waals surface area contributed by atoms with Crippen molar-refractivity contribution in [3.05, 3.63) is 48.0 Å². The fourth-order valence-corrected chi connectivity index (χ4v) is 6.98. The predicted molar refractivity (Wildman–Crippen MR) is 140 cm³/mol. The Kier molecular flexibility index (Phi) is 8.29. The Balaban J connectivity index is 1.40. The molecule has 192 valence electrons. The van der Waals surface area contributed by atoms with E-state index in [9.17, 15) is 18.0 Å². The van der Waals surface area contributed by atoms with E-state index in [2.05, 4.69) is 64.8 Å². The monoisotopic (exact) mass is 510 g/mol. The van der Waals surface area contributed by atoms with Crippen molar-refractivity contribution >= 4 is 32.6 Å². The smallest absolute Gasteiger partial charge is 0.240 e. The normalized spacial score (nSPS) is 18.0. The minimum atomic E-state index is -3.57. The minimum Gasteiger partial charge on any atom is -0.346 e. The third-order valence-electron chi connectivity index (χ3n) is 7.13. The van der Waals surface area contributed by atoms with Gasteiger partial charge in [-0.05, 0) is 48.9 Å². The van der Waals surface area contributed by atoms with Gasteiger partial charge in [0.25, 0.3) is 0 Å². The quantitative estimate of drug-likeness (QED) is 0.477. The summed E-state index contributed by atoms with van der Waals surface area (Å²) >= 11 is 0. The topological polar surface area (TPSA) is 98.8 Å². The van der Waals surface area contributed by atoms with Gasteiger partial charge >= 0.3 is 0 Å². The van der Waals surface area contributed by atoms with Gasteiger partial charge in [0.05, 0.1) is 24.9 Å². The number of terminal acetylenes is 1. The van der Waals surface area contributed by atoms with Gasteiger partial charge in [-0.1, -0.05) is 48.4 Å². The molecule has 1 saturated heterocycles. The van der Waals surface area contributed by atoms with E-state index >= 15 is 0 Å². The van der Waals surface area contributed by atoms with Gasteiger partial charge in [-0.25, -0.2) is 8.42 Å². The van der Waals surface area contributed by atoms with Crippen LogP contribution in [0.25, 0.3) is 10.8 Å². The first kappa shape index (κ1) is 26.1. The minimum absolute atomic E-state index is 0.0761. The third kappa shape index (κ3) is 6.06. The highest BCUT2D eigenvalue weighted by Gasteiger charge is 2.44. The molecule has 0 spiro atoms. The highest BCUT2D eigenvalue weighted by atomic mass is 32.2. The molecule has 2 aliphatic rings. The van der Waals surface area contributed by atoms with E-state index in [1.54, 1.807) is 0 Å². The molecule has 2 fully saturated rings. The van der Waals surface area contributed by atoms with Crippen molar-refractivity contribution in [3.63, 3.8) is 0 Å². The summed E-state index contributed by atoms with van der Waals surface area (Å²) in [4.78, 5) is 26.7. The van der Waals surface area contributed by atoms with E-state index in [0.29, 0.717) is 25.7 Å². The summed E-state index contributed by atoms with van der Waals surface area (Å²) in [5, 5.41) is 7.03. The van der Waals surface area contributed by atoms with Crippen LogP contribution < -0.4 is 10.6 Å². The van der Waals surface area contributed by atoms with Crippen LogP contribution in [0.3, 0.4) is 0 Å². The maximum absolute atomic E-state index is 13.2. The first-order valence-corrected chi connectivity index (χ1v) is 14.0. The lowest BCUT2D eigenvalue weighted by Crippen LogP contribution is -2.52. The summed E-state index contributed by atoms with van der Waals surface area (Å²) in [7, 11) is -3.57. The van der Waals surface area contributed by atoms with Crippen LogP contribution >= 0.6 is 0 Å². The summed E-state index contributed by atoms with van der Waals surface area (Å²) in [5.74, 6) is 1.40. The van der Waals surface area contributed by atoms with Crippen molar-refractivity contribution < 1.29 is 18.0 Å². The van der Waals surface area contributed by atoms with Crippen LogP contribution in [0, 0.1) is 12.3 Å². The lowest BCUT2D eigenvalue weighted by Gasteiger charge is -2.40. The zero-order valence-corrected chi connectivity index (χ0v) is 21.5. The largest absolute Gasteiger partial charge is 0.346 e. The number of hydrogen-bond acceptors (Lipinski definition) is 5. The van der Waals surface area contributed by atoms with Crippen molar-refractivity contribution in [3.8, 4) is 12.3 Å². The first-order chi connectivity index (χ1) is 17.3. The average Bonchev–Trinajstić information content (AvgIpc) is 3.75. The molecule has 8 nitrogen and oxygen atoms in total. The fourth-order valence-electron chi connectivity index (χ4n) is 4.95. The number of fused-ring (bicyclic) bond motifs is 1. The molecule has 2 aromatic rings. The second kappa shape index (κ2) is 11.4. The van der Waals surface area contributed by atoms with Gasteiger partial charge < -0.3 is 10.6 Å². The van der Waals surface area contributed by atoms with E-state index in [4.69, 9.17) is 6.42 Å². The van der Waals surface area contributed by atoms with Crippen molar-refractivity contribution in [2.24, 2.45) is 0 Å². The second-order valence-corrected chi connectivity index (χ2v) is 11.7. The number of sulfonamides is 1. The van der Waals surface area contributed by atoms with Gasteiger partial charge in [0, 0.05) is 25.2 Å². The van der Waals surface area contributed by atoms with Crippen molar-refractivity contribution in [1.82, 2.24) is 19.8 Å². The van der Waals surface area contributed by atoms with Gasteiger partial charge in [0.15, 0.2) is 0 Å². The van der Waals surface area contributed by atoms with Crippen molar-refractivity contribution in [2.75, 3.05) is 32.7 Å². The molecule has 2 aromatic carbocycles. The standard InChI is InChI=1S/C27H34N4O4S/c1-3-15-28-26(32)18-29-27(33)19-31(36(34,35)23-11-12-23)22-13-16-30(17-14-22)20(2)24-10-6-8-21-7-4-5-9-25(21)24/h1,4-10,20,22-23H,11-19H2,2H3,(H,28,32)(H,29,33)/t20-/m0/s1. The Labute approximate surface area is 213 Å². The fraction of sp³-hybridized carbons (Fsp3) is 0.481. The lowest BCUT2D eigenvalue weighted by molar-refractivity contribution is -0.126. The molecule has 9 heteroatoms. The number of piperidine rings is 1. The zero-order valence-electron chi connectivity index (χ0n) is 20.7. The number of rotatable bonds is 10. The Morgan fingerprint density at radius 3 is 2.44 bits per heavy atom. The summed E-state index contributed by atoms with van der Waals surface area (Å²) < 4.78 is 27.8. The van der Waals surface area contributed by atoms with Crippen molar-refractivity contribution in [2.45, 2.75) is 49.9 Å². The number of likely N-dealkylation sites (tertiary alicyclic amines) is 1. The maximum Gasteiger partial charge on any atom is 0.240 e. The van der Waals surface area contributed by atoms with E-state index in [-0.39, 0.29) is 31.7 Å². The van der Waals surface area contributed by atoms with Gasteiger partial charge in [-0.2, -0.15) is 4.31 Å². The van der Waals surface area contributed by atoms with Crippen LogP contribution in [0.15, 0.2) is 42.5 Å². The van der Waals surface area contributed by atoms with Crippen LogP contribution in [0.5, 0.6) is 0 Å². The number of hydrogen-bond donors (Lipinski definition) is 2. The van der Waals surface area contributed by atoms with Crippen LogP contribution in [0.2, 0.25) is 0 Å². The van der Waals surface area contributed by atoms with Gasteiger partial charge in [0.1, 0.15) is 0 Å². The third-order valence-corrected chi connectivity index (χ3v) is 9.53. The maximum atomic E-state index is 13.2. The molecule has 2 amide bonds. The first-order valence-electron chi connectivity index (χ1n) is 12.5. The Hall–Kier alpha value is -2.93. The van der Waals surface area contributed by atoms with Gasteiger partial charge in [-0.15, -0.1) is 6.42 Å². The lowest BCUT2D eigenvalue weighted by atomic mass is 9.96. The molecule has 36 heavy (non-hydrogen) atoms. The Bertz CT molecular complexity index is 1240. The van der Waals surface area contributed by atoms with Crippen LogP contribution in [-0.4, -0.2) is 73.5 Å². The summed E-state index contributed by atoms with van der Waals surface area (Å²) in [6.45, 7) is 3.24. The van der Waals surface area contributed by atoms with E-state index in [0.717, 1.165) is 13.1 Å². The van der Waals surface area contributed by atoms with Crippen LogP contribution in [0.4, 0.5) is 0 Å². The van der Waals surface area contributed by atoms with E-state index < -0.39 is 27.1 Å². The number of carbonyl (C=O) groups is 2. The second-order valence-electron chi connectivity index (χ2n) is 9.56. The highest BCUT2D eigenvalue weighted by molar-refractivity contribution is 7.90. The summed E-state index contributed by atoms with van der Waals surface area (Å²) in [6, 6.07) is 14.6. The molecule has 0 aromatic heterocycles. The molecule has 1 atom stereocenters. The highest BCUT2D eigenvalue weighted by Crippen LogP contribution is 2.35. The Morgan fingerprint density at radius 2 is 1.75 bits per heavy atom. The molecule has 1 heterocycles. The van der Waals surface area contributed by atoms with Crippen molar-refractivity contribution in [1.29, 1.82) is 0 Å². The molecule has 0 bridgehead atoms. The van der Waals surface area contributed by atoms with Gasteiger partial charge in [0.2, 0.25) is 21.8 Å². The predicted octanol–water partition coefficient (Wildman–Crippen LogP) is 2.03. The van der Waals surface area contributed by atoms with Crippen LogP contribution in [-0.2, 0) is 19.6 Å². The SMILES string of the molecule is C#CCNC(=O)CNC(=O)CN(C1CCN([C@@H](C)c2cccc3ccccc23)CC1)S(=O)(=O)C1CC1. The van der Waals surface area contributed by atoms with E-state index in [1.165, 1.54) is 20.6 Å². The summed E-state index contributed by atoms with van der Waals surface area (Å²) in [5.41, 5.74) is 1.26. The number of nitrogens with zero attached hydrogens (tertiary/aromatic N) is 2. The molecule has 4 rings (SSSR count). The van der Waals surface area contributed by atoms with Gasteiger partial charge in [-0.3, -0.25) is 14.5 Å². The number of carbonyl (C=O) groups excluding carboxylic acids is 2. The zero-order chi connectivity index (χ0) is 25.7. The molecule has 0 unspecified atom stereocenters. The Morgan fingerprint density at radius 1 is 1.06 bits per heavy atom. The summed E-state index contributed by atoms with van der Waals surface area (Å²) in [6.07, 6.45) is 7.68. The molecule has 0 radical (unpaired) electrons. The number of nitrogens with one attached hydrogen (secondary N) is 2. The molecule has 1 aliphatic carbocycles. The molecule has 2 N–H and O–H groups in total. The molecular formula is C27H34N4O4S. The number of amides is 2.